The normalized spacial score (nSPS) is 43.9. The summed E-state index contributed by atoms with van der Waals surface area (Å²) in [5.41, 5.74) is -0.489. The van der Waals surface area contributed by atoms with E-state index in [4.69, 9.17) is 16.3 Å². The first-order chi connectivity index (χ1) is 12.5. The van der Waals surface area contributed by atoms with Crippen molar-refractivity contribution in [3.63, 3.8) is 0 Å². The molecule has 0 radical (unpaired) electrons. The van der Waals surface area contributed by atoms with Gasteiger partial charge in [-0.05, 0) is 68.8 Å². The van der Waals surface area contributed by atoms with E-state index >= 15 is 0 Å². The number of aliphatic imine (C=N–C) groups is 1. The van der Waals surface area contributed by atoms with Crippen molar-refractivity contribution in [2.75, 3.05) is 6.61 Å². The molecule has 5 unspecified atom stereocenters. The van der Waals surface area contributed by atoms with Crippen LogP contribution in [0.2, 0.25) is 0 Å². The molecule has 1 heterocycles. The highest BCUT2D eigenvalue weighted by atomic mass is 35.5. The third-order valence-corrected chi connectivity index (χ3v) is 6.96. The van der Waals surface area contributed by atoms with Crippen molar-refractivity contribution in [1.29, 1.82) is 0 Å². The number of hydrogen-bond donors (Lipinski definition) is 2. The fourth-order valence-electron chi connectivity index (χ4n) is 5.66. The number of ether oxygens (including phenoxy) is 1. The predicted octanol–water partition coefficient (Wildman–Crippen LogP) is 3.01. The van der Waals surface area contributed by atoms with E-state index in [1.54, 1.807) is 12.2 Å². The predicted molar refractivity (Wildman–Crippen MR) is 101 cm³/mol. The molecule has 1 aliphatic heterocycles. The van der Waals surface area contributed by atoms with E-state index in [2.05, 4.69) is 10.3 Å². The van der Waals surface area contributed by atoms with E-state index < -0.39 is 17.7 Å². The molecule has 2 N–H and O–H groups in total. The second-order valence-corrected chi connectivity index (χ2v) is 9.03. The van der Waals surface area contributed by atoms with Crippen molar-refractivity contribution in [3.8, 4) is 0 Å². The molecule has 0 saturated heterocycles. The molecule has 4 aliphatic rings. The van der Waals surface area contributed by atoms with Crippen molar-refractivity contribution in [2.24, 2.45) is 28.7 Å². The molecule has 6 heteroatoms. The van der Waals surface area contributed by atoms with Gasteiger partial charge in [0.1, 0.15) is 11.1 Å². The van der Waals surface area contributed by atoms with Crippen LogP contribution in [0.1, 0.15) is 51.9 Å². The number of rotatable bonds is 5. The molecule has 0 spiro atoms. The zero-order valence-electron chi connectivity index (χ0n) is 15.4. The Kier molecular flexibility index (Phi) is 5.15. The minimum absolute atomic E-state index is 0.0371. The first-order valence-electron chi connectivity index (χ1n) is 10.0. The third kappa shape index (κ3) is 3.58. The number of allylic oxidation sites excluding steroid dienone is 1. The number of nitrogens with one attached hydrogen (secondary N) is 1. The maximum absolute atomic E-state index is 13.0. The zero-order valence-corrected chi connectivity index (χ0v) is 16.1. The van der Waals surface area contributed by atoms with Crippen LogP contribution >= 0.6 is 11.6 Å². The van der Waals surface area contributed by atoms with Crippen LogP contribution in [-0.2, 0) is 9.53 Å². The first-order valence-corrected chi connectivity index (χ1v) is 10.4. The summed E-state index contributed by atoms with van der Waals surface area (Å²) < 4.78 is 5.75. The van der Waals surface area contributed by atoms with Crippen LogP contribution in [0.3, 0.4) is 0 Å². The Labute approximate surface area is 160 Å². The molecule has 3 bridgehead atoms. The summed E-state index contributed by atoms with van der Waals surface area (Å²) in [7, 11) is 0. The fourth-order valence-corrected chi connectivity index (χ4v) is 5.83. The summed E-state index contributed by atoms with van der Waals surface area (Å²) in [5, 5.41) is 14.5. The molecular weight excluding hydrogens is 352 g/mol. The zero-order chi connectivity index (χ0) is 18.3. The molecule has 5 nitrogen and oxygen atoms in total. The molecule has 7 atom stereocenters. The molecule has 3 fully saturated rings. The summed E-state index contributed by atoms with van der Waals surface area (Å²) in [4.78, 5) is 17.3. The average Bonchev–Trinajstić information content (AvgIpc) is 2.77. The van der Waals surface area contributed by atoms with Crippen LogP contribution in [0.15, 0.2) is 17.1 Å². The Bertz CT molecular complexity index is 622. The van der Waals surface area contributed by atoms with Gasteiger partial charge in [-0.2, -0.15) is 0 Å². The number of fused-ring (bicyclic) bond motifs is 2. The van der Waals surface area contributed by atoms with E-state index in [-0.39, 0.29) is 11.9 Å². The third-order valence-electron chi connectivity index (χ3n) is 6.74. The number of halogens is 1. The van der Waals surface area contributed by atoms with E-state index in [0.29, 0.717) is 29.5 Å². The highest BCUT2D eigenvalue weighted by Gasteiger charge is 2.53. The maximum Gasteiger partial charge on any atom is 0.231 e. The summed E-state index contributed by atoms with van der Waals surface area (Å²) in [5.74, 6) is 1.17. The average molecular weight is 381 g/mol. The van der Waals surface area contributed by atoms with Crippen LogP contribution in [0.4, 0.5) is 0 Å². The largest absolute Gasteiger partial charge is 0.390 e. The molecule has 144 valence electrons. The number of nitrogens with zero attached hydrogens (tertiary/aromatic N) is 1. The van der Waals surface area contributed by atoms with Gasteiger partial charge in [-0.3, -0.25) is 4.79 Å². The lowest BCUT2D eigenvalue weighted by atomic mass is 9.75. The number of hydrogen-bond acceptors (Lipinski definition) is 4. The van der Waals surface area contributed by atoms with E-state index in [9.17, 15) is 9.90 Å². The number of dihydropyridines is 1. The summed E-state index contributed by atoms with van der Waals surface area (Å²) >= 11 is 6.00. The Hall–Kier alpha value is -0.910. The minimum Gasteiger partial charge on any atom is -0.390 e. The van der Waals surface area contributed by atoms with Crippen molar-refractivity contribution in [2.45, 2.75) is 69.7 Å². The van der Waals surface area contributed by atoms with Crippen LogP contribution in [0.5, 0.6) is 0 Å². The van der Waals surface area contributed by atoms with Gasteiger partial charge in [0.15, 0.2) is 6.23 Å². The topological polar surface area (TPSA) is 70.9 Å². The monoisotopic (exact) mass is 380 g/mol. The van der Waals surface area contributed by atoms with Crippen molar-refractivity contribution in [1.82, 2.24) is 5.32 Å². The summed E-state index contributed by atoms with van der Waals surface area (Å²) in [6, 6.07) is 0.142. The second-order valence-electron chi connectivity index (χ2n) is 8.64. The van der Waals surface area contributed by atoms with Gasteiger partial charge in [0.25, 0.3) is 0 Å². The van der Waals surface area contributed by atoms with Crippen LogP contribution in [-0.4, -0.2) is 40.7 Å². The summed E-state index contributed by atoms with van der Waals surface area (Å²) in [6.45, 7) is 2.58. The van der Waals surface area contributed by atoms with Gasteiger partial charge in [-0.25, -0.2) is 4.99 Å². The SMILES string of the molecule is CCCOC1N=C(Cl)C=CC1C(=O)N[C@@H]1CCC2C[C@@]3(O)CC2CC1C3. The van der Waals surface area contributed by atoms with E-state index in [1.807, 2.05) is 6.92 Å². The van der Waals surface area contributed by atoms with Crippen molar-refractivity contribution < 1.29 is 14.6 Å². The van der Waals surface area contributed by atoms with Gasteiger partial charge in [0, 0.05) is 12.6 Å². The Morgan fingerprint density at radius 2 is 2.12 bits per heavy atom. The molecule has 0 aromatic carbocycles. The number of carbonyl (C=O) groups excluding carboxylic acids is 1. The van der Waals surface area contributed by atoms with Gasteiger partial charge >= 0.3 is 0 Å². The molecule has 1 amide bonds. The molecule has 3 saturated carbocycles. The Balaban J connectivity index is 1.43. The number of amides is 1. The van der Waals surface area contributed by atoms with Gasteiger partial charge in [0.05, 0.1) is 5.60 Å². The molecular formula is C20H29ClN2O3. The first kappa shape index (κ1) is 18.5. The minimum atomic E-state index is -0.546. The van der Waals surface area contributed by atoms with E-state index in [0.717, 1.165) is 44.9 Å². The number of aliphatic hydroxyl groups is 1. The highest BCUT2D eigenvalue weighted by molar-refractivity contribution is 6.68. The van der Waals surface area contributed by atoms with Gasteiger partial charge in [0.2, 0.25) is 5.91 Å². The Morgan fingerprint density at radius 1 is 1.35 bits per heavy atom. The molecule has 3 aliphatic carbocycles. The lowest BCUT2D eigenvalue weighted by Crippen LogP contribution is -2.49. The van der Waals surface area contributed by atoms with Crippen LogP contribution < -0.4 is 5.32 Å². The van der Waals surface area contributed by atoms with E-state index in [1.165, 1.54) is 0 Å². The standard InChI is InChI=1S/C20H29ClN2O3/c1-2-7-26-19-15(4-6-17(21)23-19)18(24)22-16-5-3-12-9-20(25)10-13(12)8-14(16)11-20/h4,6,12-16,19,25H,2-3,5,7-11H2,1H3,(H,22,24)/t12?,13?,14?,15?,16-,19?,20-/m1/s1. The van der Waals surface area contributed by atoms with Crippen LogP contribution in [0, 0.1) is 23.7 Å². The smallest absolute Gasteiger partial charge is 0.231 e. The summed E-state index contributed by atoms with van der Waals surface area (Å²) in [6.07, 6.45) is 9.80. The highest BCUT2D eigenvalue weighted by Crippen LogP contribution is 2.55. The molecule has 0 aromatic rings. The van der Waals surface area contributed by atoms with Gasteiger partial charge in [-0.1, -0.05) is 24.6 Å². The van der Waals surface area contributed by atoms with Gasteiger partial charge < -0.3 is 15.2 Å². The van der Waals surface area contributed by atoms with Gasteiger partial charge in [-0.15, -0.1) is 0 Å². The number of carbonyl (C=O) groups is 1. The lowest BCUT2D eigenvalue weighted by molar-refractivity contribution is -0.129. The molecule has 4 rings (SSSR count). The maximum atomic E-state index is 13.0. The quantitative estimate of drug-likeness (QED) is 0.770. The van der Waals surface area contributed by atoms with Crippen molar-refractivity contribution in [3.05, 3.63) is 12.2 Å². The second kappa shape index (κ2) is 7.25. The molecule has 26 heavy (non-hydrogen) atoms. The van der Waals surface area contributed by atoms with Crippen LogP contribution in [0.25, 0.3) is 0 Å². The molecule has 0 aromatic heterocycles. The lowest BCUT2D eigenvalue weighted by Gasteiger charge is -2.38. The Morgan fingerprint density at radius 3 is 2.92 bits per heavy atom. The fraction of sp³-hybridized carbons (Fsp3) is 0.800. The van der Waals surface area contributed by atoms with Crippen molar-refractivity contribution >= 4 is 22.7 Å².